The fourth-order valence-electron chi connectivity index (χ4n) is 2.52. The maximum absolute atomic E-state index is 5.79. The molecule has 3 N–H and O–H groups in total. The van der Waals surface area contributed by atoms with E-state index in [-0.39, 0.29) is 12.1 Å². The molecule has 2 rings (SSSR count). The van der Waals surface area contributed by atoms with Gasteiger partial charge in [-0.3, -0.25) is 0 Å². The lowest BCUT2D eigenvalue weighted by molar-refractivity contribution is 0.185. The zero-order valence-electron chi connectivity index (χ0n) is 12.5. The standard InChI is InChI=1S/C16H24N4O/c1-3-13(5-4-8-17)20-12-19-15-7-6-14(11-16(15)20)21-10-9-18-2/h3-4,6-8,12-13,16,18H,1,5,9-11,17H2,2H3/b8-4+. The number of allylic oxidation sites excluding steroid dienone is 2. The topological polar surface area (TPSA) is 62.9 Å². The Bertz CT molecular complexity index is 479. The summed E-state index contributed by atoms with van der Waals surface area (Å²) < 4.78 is 5.79. The van der Waals surface area contributed by atoms with Gasteiger partial charge in [0.25, 0.3) is 0 Å². The second kappa shape index (κ2) is 7.69. The molecule has 21 heavy (non-hydrogen) atoms. The molecule has 0 amide bonds. The summed E-state index contributed by atoms with van der Waals surface area (Å²) >= 11 is 0. The van der Waals surface area contributed by atoms with Gasteiger partial charge < -0.3 is 20.7 Å². The number of nitrogens with two attached hydrogens (primary N) is 1. The quantitative estimate of drug-likeness (QED) is 0.525. The first kappa shape index (κ1) is 15.4. The van der Waals surface area contributed by atoms with Crippen LogP contribution in [0.1, 0.15) is 12.8 Å². The molecule has 2 atom stereocenters. The molecule has 114 valence electrons. The third-order valence-corrected chi connectivity index (χ3v) is 3.68. The van der Waals surface area contributed by atoms with E-state index in [0.29, 0.717) is 6.61 Å². The van der Waals surface area contributed by atoms with Crippen LogP contribution in [0.3, 0.4) is 0 Å². The number of nitrogens with one attached hydrogen (secondary N) is 1. The molecule has 5 nitrogen and oxygen atoms in total. The summed E-state index contributed by atoms with van der Waals surface area (Å²) in [6.07, 6.45) is 13.1. The summed E-state index contributed by atoms with van der Waals surface area (Å²) in [5.41, 5.74) is 6.52. The number of hydrogen-bond donors (Lipinski definition) is 2. The maximum atomic E-state index is 5.79. The van der Waals surface area contributed by atoms with Crippen LogP contribution in [0.4, 0.5) is 0 Å². The van der Waals surface area contributed by atoms with Gasteiger partial charge in [-0.05, 0) is 31.8 Å². The van der Waals surface area contributed by atoms with Gasteiger partial charge in [0.05, 0.1) is 29.9 Å². The van der Waals surface area contributed by atoms with Crippen molar-refractivity contribution < 1.29 is 4.74 Å². The Balaban J connectivity index is 2.00. The van der Waals surface area contributed by atoms with Crippen molar-refractivity contribution in [3.05, 3.63) is 48.5 Å². The van der Waals surface area contributed by atoms with E-state index in [4.69, 9.17) is 10.5 Å². The molecule has 2 unspecified atom stereocenters. The summed E-state index contributed by atoms with van der Waals surface area (Å²) in [4.78, 5) is 6.72. The normalized spacial score (nSPS) is 22.0. The highest BCUT2D eigenvalue weighted by Crippen LogP contribution is 2.30. The molecule has 0 aromatic heterocycles. The first-order chi connectivity index (χ1) is 10.3. The fraction of sp³-hybridized carbons (Fsp3) is 0.438. The van der Waals surface area contributed by atoms with Gasteiger partial charge in [-0.1, -0.05) is 12.2 Å². The molecular formula is C16H24N4O. The summed E-state index contributed by atoms with van der Waals surface area (Å²) in [5, 5.41) is 3.08. The van der Waals surface area contributed by atoms with Crippen molar-refractivity contribution in [2.24, 2.45) is 10.7 Å². The number of hydrogen-bond acceptors (Lipinski definition) is 5. The van der Waals surface area contributed by atoms with Gasteiger partial charge in [0.15, 0.2) is 0 Å². The molecule has 0 aromatic carbocycles. The van der Waals surface area contributed by atoms with Crippen molar-refractivity contribution in [2.75, 3.05) is 20.2 Å². The molecule has 1 heterocycles. The summed E-state index contributed by atoms with van der Waals surface area (Å²) in [6, 6.07) is 0.426. The van der Waals surface area contributed by atoms with Gasteiger partial charge in [0.2, 0.25) is 0 Å². The lowest BCUT2D eigenvalue weighted by atomic mass is 10.0. The molecule has 1 aliphatic heterocycles. The van der Waals surface area contributed by atoms with Gasteiger partial charge in [-0.2, -0.15) is 0 Å². The van der Waals surface area contributed by atoms with Gasteiger partial charge in [-0.25, -0.2) is 4.99 Å². The highest BCUT2D eigenvalue weighted by atomic mass is 16.5. The van der Waals surface area contributed by atoms with Crippen LogP contribution in [0.15, 0.2) is 53.5 Å². The molecule has 0 bridgehead atoms. The first-order valence-corrected chi connectivity index (χ1v) is 7.29. The van der Waals surface area contributed by atoms with Gasteiger partial charge in [0, 0.05) is 13.0 Å². The predicted octanol–water partition coefficient (Wildman–Crippen LogP) is 1.52. The van der Waals surface area contributed by atoms with Crippen LogP contribution in [-0.2, 0) is 4.74 Å². The van der Waals surface area contributed by atoms with Gasteiger partial charge in [-0.15, -0.1) is 6.58 Å². The second-order valence-corrected chi connectivity index (χ2v) is 5.06. The van der Waals surface area contributed by atoms with Crippen LogP contribution in [0.5, 0.6) is 0 Å². The van der Waals surface area contributed by atoms with Crippen LogP contribution in [0, 0.1) is 0 Å². The molecule has 0 aromatic rings. The predicted molar refractivity (Wildman–Crippen MR) is 86.7 cm³/mol. The van der Waals surface area contributed by atoms with E-state index in [0.717, 1.165) is 30.8 Å². The Morgan fingerprint density at radius 1 is 1.62 bits per heavy atom. The minimum absolute atomic E-state index is 0.195. The number of nitrogens with zero attached hydrogens (tertiary/aromatic N) is 2. The molecule has 0 saturated carbocycles. The van der Waals surface area contributed by atoms with E-state index in [2.05, 4.69) is 21.8 Å². The van der Waals surface area contributed by atoms with Crippen molar-refractivity contribution in [3.8, 4) is 0 Å². The number of fused-ring (bicyclic) bond motifs is 1. The smallest absolute Gasteiger partial charge is 0.100 e. The van der Waals surface area contributed by atoms with Crippen LogP contribution >= 0.6 is 0 Å². The summed E-state index contributed by atoms with van der Waals surface area (Å²) in [7, 11) is 1.92. The monoisotopic (exact) mass is 288 g/mol. The Hall–Kier alpha value is -2.01. The second-order valence-electron chi connectivity index (χ2n) is 5.06. The van der Waals surface area contributed by atoms with Gasteiger partial charge >= 0.3 is 0 Å². The highest BCUT2D eigenvalue weighted by Gasteiger charge is 2.32. The SMILES string of the molecule is C=CC(C/C=C/N)N1C=NC2=CC=C(OCCNC)CC21. The van der Waals surface area contributed by atoms with Crippen LogP contribution in [-0.4, -0.2) is 43.5 Å². The number of likely N-dealkylation sites (N-methyl/N-ethyl adjacent to an activating group) is 1. The molecule has 1 aliphatic carbocycles. The molecule has 2 aliphatic rings. The highest BCUT2D eigenvalue weighted by molar-refractivity contribution is 5.64. The average Bonchev–Trinajstić information content (AvgIpc) is 2.92. The lowest BCUT2D eigenvalue weighted by Crippen LogP contribution is -2.39. The lowest BCUT2D eigenvalue weighted by Gasteiger charge is -2.32. The largest absolute Gasteiger partial charge is 0.497 e. The van der Waals surface area contributed by atoms with Crippen LogP contribution < -0.4 is 11.1 Å². The number of ether oxygens (including phenoxy) is 1. The van der Waals surface area contributed by atoms with Crippen molar-refractivity contribution in [3.63, 3.8) is 0 Å². The summed E-state index contributed by atoms with van der Waals surface area (Å²) in [5.74, 6) is 1.01. The molecule has 0 fully saturated rings. The third kappa shape index (κ3) is 3.76. The van der Waals surface area contributed by atoms with Crippen LogP contribution in [0.25, 0.3) is 0 Å². The van der Waals surface area contributed by atoms with Crippen molar-refractivity contribution in [2.45, 2.75) is 24.9 Å². The third-order valence-electron chi connectivity index (χ3n) is 3.68. The fourth-order valence-corrected chi connectivity index (χ4v) is 2.52. The van der Waals surface area contributed by atoms with E-state index >= 15 is 0 Å². The van der Waals surface area contributed by atoms with Crippen molar-refractivity contribution in [1.29, 1.82) is 0 Å². The molecule has 0 spiro atoms. The number of rotatable bonds is 8. The molecular weight excluding hydrogens is 264 g/mol. The Labute approximate surface area is 126 Å². The first-order valence-electron chi connectivity index (χ1n) is 7.29. The zero-order chi connectivity index (χ0) is 15.1. The van der Waals surface area contributed by atoms with Crippen molar-refractivity contribution in [1.82, 2.24) is 10.2 Å². The Kier molecular flexibility index (Phi) is 5.63. The minimum atomic E-state index is 0.195. The average molecular weight is 288 g/mol. The van der Waals surface area contributed by atoms with E-state index in [9.17, 15) is 0 Å². The molecule has 5 heteroatoms. The molecule has 0 radical (unpaired) electrons. The van der Waals surface area contributed by atoms with E-state index in [1.54, 1.807) is 6.20 Å². The Morgan fingerprint density at radius 3 is 3.19 bits per heavy atom. The maximum Gasteiger partial charge on any atom is 0.100 e. The zero-order valence-corrected chi connectivity index (χ0v) is 12.5. The van der Waals surface area contributed by atoms with E-state index in [1.807, 2.05) is 37.7 Å². The van der Waals surface area contributed by atoms with Crippen LogP contribution in [0.2, 0.25) is 0 Å². The van der Waals surface area contributed by atoms with Crippen molar-refractivity contribution >= 4 is 6.34 Å². The van der Waals surface area contributed by atoms with E-state index < -0.39 is 0 Å². The van der Waals surface area contributed by atoms with Gasteiger partial charge in [0.1, 0.15) is 6.61 Å². The molecule has 0 saturated heterocycles. The summed E-state index contributed by atoms with van der Waals surface area (Å²) in [6.45, 7) is 5.45. The number of aliphatic imine (C=N–C) groups is 1. The Morgan fingerprint density at radius 2 is 2.48 bits per heavy atom. The van der Waals surface area contributed by atoms with E-state index in [1.165, 1.54) is 0 Å². The minimum Gasteiger partial charge on any atom is -0.497 e.